The SMILES string of the molecule is CCCCCCCc1ccc2c([C@H](N3CC(C)(C)C(=O)N3)C(F)(F)F)cccc2c1. The lowest BCUT2D eigenvalue weighted by Gasteiger charge is -2.30. The third kappa shape index (κ3) is 4.97. The highest BCUT2D eigenvalue weighted by Crippen LogP contribution is 2.42. The molecule has 0 spiro atoms. The third-order valence-electron chi connectivity index (χ3n) is 5.89. The van der Waals surface area contributed by atoms with Crippen LogP contribution in [0, 0.1) is 5.41 Å². The van der Waals surface area contributed by atoms with Crippen molar-refractivity contribution in [3.8, 4) is 0 Å². The number of carbonyl (C=O) groups is 1. The fourth-order valence-corrected chi connectivity index (χ4v) is 4.18. The largest absolute Gasteiger partial charge is 0.409 e. The van der Waals surface area contributed by atoms with Crippen LogP contribution in [-0.2, 0) is 11.2 Å². The number of aryl methyl sites for hydroxylation is 1. The van der Waals surface area contributed by atoms with Gasteiger partial charge in [-0.15, -0.1) is 0 Å². The average Bonchev–Trinajstić information content (AvgIpc) is 2.92. The topological polar surface area (TPSA) is 32.3 Å². The van der Waals surface area contributed by atoms with E-state index in [1.54, 1.807) is 26.0 Å². The molecule has 0 aliphatic carbocycles. The first-order valence-corrected chi connectivity index (χ1v) is 10.8. The van der Waals surface area contributed by atoms with E-state index in [-0.39, 0.29) is 18.0 Å². The number of nitrogens with zero attached hydrogens (tertiary/aromatic N) is 1. The number of hydrogen-bond donors (Lipinski definition) is 1. The molecule has 30 heavy (non-hydrogen) atoms. The number of hydrogen-bond acceptors (Lipinski definition) is 2. The summed E-state index contributed by atoms with van der Waals surface area (Å²) >= 11 is 0. The Balaban J connectivity index is 1.88. The number of rotatable bonds is 8. The van der Waals surface area contributed by atoms with Crippen LogP contribution in [0.25, 0.3) is 10.8 Å². The summed E-state index contributed by atoms with van der Waals surface area (Å²) in [4.78, 5) is 12.1. The van der Waals surface area contributed by atoms with Crippen molar-refractivity contribution in [3.63, 3.8) is 0 Å². The van der Waals surface area contributed by atoms with E-state index in [1.807, 2.05) is 18.2 Å². The maximum Gasteiger partial charge on any atom is 0.409 e. The summed E-state index contributed by atoms with van der Waals surface area (Å²) < 4.78 is 42.4. The first-order chi connectivity index (χ1) is 14.1. The molecular weight excluding hydrogens is 389 g/mol. The minimum atomic E-state index is -4.51. The van der Waals surface area contributed by atoms with Crippen molar-refractivity contribution in [2.75, 3.05) is 6.54 Å². The Morgan fingerprint density at radius 3 is 2.47 bits per heavy atom. The van der Waals surface area contributed by atoms with Gasteiger partial charge in [-0.05, 0) is 48.6 Å². The normalized spacial score (nSPS) is 18.0. The van der Waals surface area contributed by atoms with E-state index in [4.69, 9.17) is 0 Å². The Hall–Kier alpha value is -2.08. The monoisotopic (exact) mass is 420 g/mol. The minimum absolute atomic E-state index is 0.00222. The molecule has 1 atom stereocenters. The fourth-order valence-electron chi connectivity index (χ4n) is 4.18. The van der Waals surface area contributed by atoms with Gasteiger partial charge in [-0.2, -0.15) is 13.2 Å². The van der Waals surface area contributed by atoms with Crippen molar-refractivity contribution < 1.29 is 18.0 Å². The number of unbranched alkanes of at least 4 members (excludes halogenated alkanes) is 4. The highest BCUT2D eigenvalue weighted by molar-refractivity contribution is 5.87. The lowest BCUT2D eigenvalue weighted by Crippen LogP contribution is -2.43. The summed E-state index contributed by atoms with van der Waals surface area (Å²) in [5, 5.41) is 2.42. The van der Waals surface area contributed by atoms with Gasteiger partial charge in [-0.25, -0.2) is 5.01 Å². The number of alkyl halides is 3. The van der Waals surface area contributed by atoms with Gasteiger partial charge in [0.2, 0.25) is 5.91 Å². The molecule has 0 bridgehead atoms. The summed E-state index contributed by atoms with van der Waals surface area (Å²) in [6.45, 7) is 5.50. The van der Waals surface area contributed by atoms with Gasteiger partial charge in [0.1, 0.15) is 0 Å². The van der Waals surface area contributed by atoms with Crippen LogP contribution in [0.2, 0.25) is 0 Å². The number of hydrazine groups is 1. The molecular formula is C24H31F3N2O. The molecule has 1 fully saturated rings. The molecule has 0 radical (unpaired) electrons. The lowest BCUT2D eigenvalue weighted by atomic mass is 9.92. The molecule has 1 heterocycles. The molecule has 1 saturated heterocycles. The predicted molar refractivity (Wildman–Crippen MR) is 114 cm³/mol. The fraction of sp³-hybridized carbons (Fsp3) is 0.542. The molecule has 1 aliphatic heterocycles. The second-order valence-electron chi connectivity index (χ2n) is 8.96. The van der Waals surface area contributed by atoms with Crippen LogP contribution in [0.3, 0.4) is 0 Å². The minimum Gasteiger partial charge on any atom is -0.287 e. The van der Waals surface area contributed by atoms with Crippen LogP contribution >= 0.6 is 0 Å². The summed E-state index contributed by atoms with van der Waals surface area (Å²) in [5.41, 5.74) is 2.90. The van der Waals surface area contributed by atoms with Crippen LogP contribution in [-0.4, -0.2) is 23.6 Å². The Bertz CT molecular complexity index is 892. The van der Waals surface area contributed by atoms with Gasteiger partial charge in [0, 0.05) is 6.54 Å². The van der Waals surface area contributed by atoms with Crippen LogP contribution in [0.1, 0.15) is 70.0 Å². The second-order valence-corrected chi connectivity index (χ2v) is 8.96. The molecule has 1 N–H and O–H groups in total. The van der Waals surface area contributed by atoms with Crippen molar-refractivity contribution in [2.45, 2.75) is 71.5 Å². The Morgan fingerprint density at radius 1 is 1.10 bits per heavy atom. The van der Waals surface area contributed by atoms with E-state index in [0.717, 1.165) is 28.8 Å². The lowest BCUT2D eigenvalue weighted by molar-refractivity contribution is -0.191. The zero-order chi connectivity index (χ0) is 21.9. The molecule has 1 aliphatic rings. The molecule has 2 aromatic rings. The summed E-state index contributed by atoms with van der Waals surface area (Å²) in [6, 6.07) is 8.90. The first kappa shape index (κ1) is 22.6. The van der Waals surface area contributed by atoms with Crippen LogP contribution in [0.4, 0.5) is 13.2 Å². The van der Waals surface area contributed by atoms with E-state index in [9.17, 15) is 18.0 Å². The molecule has 164 valence electrons. The third-order valence-corrected chi connectivity index (χ3v) is 5.89. The van der Waals surface area contributed by atoms with E-state index >= 15 is 0 Å². The number of carbonyl (C=O) groups excluding carboxylic acids is 1. The highest BCUT2D eigenvalue weighted by Gasteiger charge is 2.51. The standard InChI is InChI=1S/C24H31F3N2O/c1-4-5-6-7-8-10-17-13-14-19-18(15-17)11-9-12-20(19)21(24(25,26)27)29-16-23(2,3)22(30)28-29/h9,11-15,21H,4-8,10,16H2,1-3H3,(H,28,30)/t21-/m0/s1. The molecule has 0 aromatic heterocycles. The van der Waals surface area contributed by atoms with Crippen LogP contribution < -0.4 is 5.43 Å². The van der Waals surface area contributed by atoms with Crippen molar-refractivity contribution in [3.05, 3.63) is 47.5 Å². The molecule has 2 aromatic carbocycles. The zero-order valence-corrected chi connectivity index (χ0v) is 18.0. The molecule has 0 saturated carbocycles. The molecule has 6 heteroatoms. The van der Waals surface area contributed by atoms with Crippen LogP contribution in [0.15, 0.2) is 36.4 Å². The maximum absolute atomic E-state index is 14.1. The van der Waals surface area contributed by atoms with Gasteiger partial charge < -0.3 is 0 Å². The number of halogens is 3. The van der Waals surface area contributed by atoms with E-state index in [2.05, 4.69) is 12.3 Å². The molecule has 0 unspecified atom stereocenters. The smallest absolute Gasteiger partial charge is 0.287 e. The summed E-state index contributed by atoms with van der Waals surface area (Å²) in [5.74, 6) is -0.387. The average molecular weight is 421 g/mol. The van der Waals surface area contributed by atoms with Gasteiger partial charge in [0.15, 0.2) is 6.04 Å². The molecule has 3 nitrogen and oxygen atoms in total. The van der Waals surface area contributed by atoms with Crippen molar-refractivity contribution in [1.29, 1.82) is 0 Å². The van der Waals surface area contributed by atoms with Gasteiger partial charge in [-0.3, -0.25) is 10.2 Å². The maximum atomic E-state index is 14.1. The number of benzene rings is 2. The van der Waals surface area contributed by atoms with Crippen molar-refractivity contribution in [1.82, 2.24) is 10.4 Å². The van der Waals surface area contributed by atoms with Crippen molar-refractivity contribution >= 4 is 16.7 Å². The Morgan fingerprint density at radius 2 is 1.83 bits per heavy atom. The van der Waals surface area contributed by atoms with E-state index < -0.39 is 17.6 Å². The van der Waals surface area contributed by atoms with Crippen LogP contribution in [0.5, 0.6) is 0 Å². The molecule has 3 rings (SSSR count). The Labute approximate surface area is 176 Å². The van der Waals surface area contributed by atoms with Gasteiger partial charge >= 0.3 is 6.18 Å². The second kappa shape index (κ2) is 8.96. The quantitative estimate of drug-likeness (QED) is 0.506. The number of nitrogens with one attached hydrogen (secondary N) is 1. The first-order valence-electron chi connectivity index (χ1n) is 10.8. The molecule has 1 amide bonds. The predicted octanol–water partition coefficient (Wildman–Crippen LogP) is 6.33. The van der Waals surface area contributed by atoms with Crippen molar-refractivity contribution in [2.24, 2.45) is 5.41 Å². The summed E-state index contributed by atoms with van der Waals surface area (Å²) in [6.07, 6.45) is 2.34. The van der Waals surface area contributed by atoms with Gasteiger partial charge in [0.25, 0.3) is 0 Å². The van der Waals surface area contributed by atoms with Gasteiger partial charge in [-0.1, -0.05) is 69.0 Å². The van der Waals surface area contributed by atoms with E-state index in [1.165, 1.54) is 31.7 Å². The zero-order valence-electron chi connectivity index (χ0n) is 18.0. The Kier molecular flexibility index (Phi) is 6.75. The summed E-state index contributed by atoms with van der Waals surface area (Å²) in [7, 11) is 0. The van der Waals surface area contributed by atoms with E-state index in [0.29, 0.717) is 5.39 Å². The van der Waals surface area contributed by atoms with Gasteiger partial charge in [0.05, 0.1) is 5.41 Å². The number of amides is 1. The number of fused-ring (bicyclic) bond motifs is 1. The highest BCUT2D eigenvalue weighted by atomic mass is 19.4.